The van der Waals surface area contributed by atoms with E-state index in [0.29, 0.717) is 30.0 Å². The highest BCUT2D eigenvalue weighted by Gasteiger charge is 2.39. The smallest absolute Gasteiger partial charge is 0.313 e. The number of hydrogen-bond acceptors (Lipinski definition) is 5. The van der Waals surface area contributed by atoms with Crippen LogP contribution in [0.3, 0.4) is 0 Å². The van der Waals surface area contributed by atoms with Crippen molar-refractivity contribution in [2.24, 2.45) is 0 Å². The lowest BCUT2D eigenvalue weighted by molar-refractivity contribution is -0.142. The summed E-state index contributed by atoms with van der Waals surface area (Å²) in [5.74, 6) is -0.448. The van der Waals surface area contributed by atoms with Gasteiger partial charge in [0.25, 0.3) is 0 Å². The largest absolute Gasteiger partial charge is 0.435 e. The Morgan fingerprint density at radius 3 is 2.82 bits per heavy atom. The van der Waals surface area contributed by atoms with Crippen LogP contribution in [0.5, 0.6) is 0 Å². The third-order valence-corrected chi connectivity index (χ3v) is 4.02. The second kappa shape index (κ2) is 5.67. The molecular weight excluding hydrogens is 319 g/mol. The van der Waals surface area contributed by atoms with Crippen LogP contribution in [0.1, 0.15) is 29.8 Å². The summed E-state index contributed by atoms with van der Waals surface area (Å²) in [6.07, 6.45) is -0.748. The minimum Gasteiger partial charge on any atom is -0.313 e. The van der Waals surface area contributed by atoms with Crippen LogP contribution >= 0.6 is 11.5 Å². The molecule has 0 spiro atoms. The van der Waals surface area contributed by atoms with Crippen molar-refractivity contribution in [2.45, 2.75) is 38.4 Å². The van der Waals surface area contributed by atoms with Crippen molar-refractivity contribution < 1.29 is 18.0 Å². The normalized spacial score (nSPS) is 14.7. The van der Waals surface area contributed by atoms with E-state index in [4.69, 9.17) is 0 Å². The molecule has 10 heteroatoms. The van der Waals surface area contributed by atoms with Gasteiger partial charge in [0, 0.05) is 22.8 Å². The average molecular weight is 331 g/mol. The Morgan fingerprint density at radius 2 is 2.14 bits per heavy atom. The minimum atomic E-state index is -4.50. The molecule has 0 saturated heterocycles. The number of carbonyl (C=O) groups excluding carboxylic acids is 1. The van der Waals surface area contributed by atoms with E-state index in [0.717, 1.165) is 18.0 Å². The molecule has 2 heterocycles. The van der Waals surface area contributed by atoms with Gasteiger partial charge in [0.1, 0.15) is 11.5 Å². The van der Waals surface area contributed by atoms with Crippen LogP contribution in [0.25, 0.3) is 0 Å². The van der Waals surface area contributed by atoms with Gasteiger partial charge in [-0.3, -0.25) is 9.48 Å². The fraction of sp³-hybridized carbons (Fsp3) is 0.500. The molecule has 0 unspecified atom stereocenters. The third kappa shape index (κ3) is 2.96. The number of anilines is 1. The number of aromatic nitrogens is 4. The van der Waals surface area contributed by atoms with Gasteiger partial charge in [-0.15, -0.1) is 5.10 Å². The molecule has 0 bridgehead atoms. The molecule has 0 saturated carbocycles. The summed E-state index contributed by atoms with van der Waals surface area (Å²) in [4.78, 5) is 11.9. The Labute approximate surface area is 127 Å². The van der Waals surface area contributed by atoms with Crippen molar-refractivity contribution in [1.29, 1.82) is 0 Å². The molecule has 1 N–H and O–H groups in total. The zero-order valence-electron chi connectivity index (χ0n) is 11.4. The van der Waals surface area contributed by atoms with Crippen LogP contribution in [-0.4, -0.2) is 25.3 Å². The fourth-order valence-corrected chi connectivity index (χ4v) is 3.00. The number of amides is 1. The van der Waals surface area contributed by atoms with E-state index in [2.05, 4.69) is 20.0 Å². The van der Waals surface area contributed by atoms with E-state index in [1.807, 2.05) is 0 Å². The summed E-state index contributed by atoms with van der Waals surface area (Å²) in [6.45, 7) is -0.254. The lowest BCUT2D eigenvalue weighted by Gasteiger charge is -2.14. The number of carbonyl (C=O) groups is 1. The van der Waals surface area contributed by atoms with Crippen molar-refractivity contribution in [3.8, 4) is 0 Å². The Kier molecular flexibility index (Phi) is 3.85. The first kappa shape index (κ1) is 14.9. The summed E-state index contributed by atoms with van der Waals surface area (Å²) in [6, 6.07) is 0. The molecule has 3 rings (SSSR count). The Morgan fingerprint density at radius 1 is 1.36 bits per heavy atom. The Hall–Kier alpha value is -1.97. The summed E-state index contributed by atoms with van der Waals surface area (Å²) < 4.78 is 43.9. The molecule has 22 heavy (non-hydrogen) atoms. The number of alkyl halides is 3. The van der Waals surface area contributed by atoms with Gasteiger partial charge in [0.05, 0.1) is 6.20 Å². The molecule has 0 fully saturated rings. The SMILES string of the molecule is O=C(Cn1nc(C(F)(F)F)c2c1CCCC2)Nc1cnns1. The maximum absolute atomic E-state index is 13.0. The number of halogens is 3. The van der Waals surface area contributed by atoms with E-state index in [1.54, 1.807) is 0 Å². The quantitative estimate of drug-likeness (QED) is 0.936. The predicted octanol–water partition coefficient (Wildman–Crippen LogP) is 2.27. The standard InChI is InChI=1S/C12H12F3N5OS/c13-12(14,15)11-7-3-1-2-4-8(7)20(18-11)6-9(21)17-10-5-16-19-22-10/h5H,1-4,6H2,(H,17,21). The number of nitrogens with zero attached hydrogens (tertiary/aromatic N) is 4. The van der Waals surface area contributed by atoms with Gasteiger partial charge in [-0.1, -0.05) is 4.49 Å². The summed E-state index contributed by atoms with van der Waals surface area (Å²) in [5, 5.41) is 10.2. The molecule has 118 valence electrons. The van der Waals surface area contributed by atoms with Crippen molar-refractivity contribution >= 4 is 22.4 Å². The summed E-state index contributed by atoms with van der Waals surface area (Å²) >= 11 is 0.997. The highest BCUT2D eigenvalue weighted by Crippen LogP contribution is 2.35. The van der Waals surface area contributed by atoms with E-state index < -0.39 is 17.8 Å². The zero-order valence-corrected chi connectivity index (χ0v) is 12.2. The summed E-state index contributed by atoms with van der Waals surface area (Å²) in [5.41, 5.74) is -0.128. The molecule has 2 aromatic rings. The lowest BCUT2D eigenvalue weighted by Crippen LogP contribution is -2.21. The van der Waals surface area contributed by atoms with Crippen molar-refractivity contribution in [3.05, 3.63) is 23.1 Å². The van der Waals surface area contributed by atoms with Gasteiger partial charge in [-0.25, -0.2) is 0 Å². The third-order valence-electron chi connectivity index (χ3n) is 3.44. The van der Waals surface area contributed by atoms with Crippen LogP contribution < -0.4 is 5.32 Å². The van der Waals surface area contributed by atoms with Crippen LogP contribution in [-0.2, 0) is 30.4 Å². The minimum absolute atomic E-state index is 0.228. The van der Waals surface area contributed by atoms with Crippen LogP contribution in [0, 0.1) is 0 Å². The first-order valence-corrected chi connectivity index (χ1v) is 7.45. The highest BCUT2D eigenvalue weighted by molar-refractivity contribution is 7.10. The van der Waals surface area contributed by atoms with E-state index in [1.165, 1.54) is 10.9 Å². The Balaban J connectivity index is 1.84. The van der Waals surface area contributed by atoms with Crippen molar-refractivity contribution in [3.63, 3.8) is 0 Å². The predicted molar refractivity (Wildman–Crippen MR) is 72.4 cm³/mol. The molecule has 0 aromatic carbocycles. The van der Waals surface area contributed by atoms with Gasteiger partial charge in [0.15, 0.2) is 5.69 Å². The molecular formula is C12H12F3N5OS. The van der Waals surface area contributed by atoms with Gasteiger partial charge in [-0.2, -0.15) is 18.3 Å². The number of fused-ring (bicyclic) bond motifs is 1. The second-order valence-electron chi connectivity index (χ2n) is 4.97. The number of hydrogen-bond donors (Lipinski definition) is 1. The number of rotatable bonds is 3. The first-order valence-electron chi connectivity index (χ1n) is 6.68. The van der Waals surface area contributed by atoms with Gasteiger partial charge in [0.2, 0.25) is 5.91 Å². The topological polar surface area (TPSA) is 72.7 Å². The van der Waals surface area contributed by atoms with Crippen molar-refractivity contribution in [1.82, 2.24) is 19.4 Å². The highest BCUT2D eigenvalue weighted by atomic mass is 32.1. The van der Waals surface area contributed by atoms with E-state index >= 15 is 0 Å². The monoisotopic (exact) mass is 331 g/mol. The fourth-order valence-electron chi connectivity index (χ4n) is 2.56. The molecule has 0 aliphatic heterocycles. The Bertz CT molecular complexity index is 680. The van der Waals surface area contributed by atoms with Gasteiger partial charge >= 0.3 is 6.18 Å². The molecule has 0 radical (unpaired) electrons. The van der Waals surface area contributed by atoms with Crippen LogP contribution in [0.15, 0.2) is 6.20 Å². The van der Waals surface area contributed by atoms with Gasteiger partial charge in [-0.05, 0) is 25.7 Å². The molecule has 0 atom stereocenters. The molecule has 6 nitrogen and oxygen atoms in total. The van der Waals surface area contributed by atoms with E-state index in [-0.39, 0.29) is 12.1 Å². The van der Waals surface area contributed by atoms with Crippen molar-refractivity contribution in [2.75, 3.05) is 5.32 Å². The van der Waals surface area contributed by atoms with Crippen LogP contribution in [0.2, 0.25) is 0 Å². The molecule has 2 aromatic heterocycles. The molecule has 1 aliphatic carbocycles. The van der Waals surface area contributed by atoms with E-state index in [9.17, 15) is 18.0 Å². The maximum Gasteiger partial charge on any atom is 0.435 e. The lowest BCUT2D eigenvalue weighted by atomic mass is 9.95. The van der Waals surface area contributed by atoms with Gasteiger partial charge < -0.3 is 5.32 Å². The average Bonchev–Trinajstić information content (AvgIpc) is 3.06. The maximum atomic E-state index is 13.0. The van der Waals surface area contributed by atoms with Crippen LogP contribution in [0.4, 0.5) is 18.2 Å². The summed E-state index contributed by atoms with van der Waals surface area (Å²) in [7, 11) is 0. The number of nitrogens with one attached hydrogen (secondary N) is 1. The molecule has 1 aliphatic rings. The molecule has 1 amide bonds. The zero-order chi connectivity index (χ0) is 15.7. The second-order valence-corrected chi connectivity index (χ2v) is 5.75. The first-order chi connectivity index (χ1) is 10.4.